The molecule has 0 saturated heterocycles. The van der Waals surface area contributed by atoms with E-state index in [1.54, 1.807) is 0 Å². The molecule has 0 amide bonds. The third-order valence-electron chi connectivity index (χ3n) is 10.9. The highest BCUT2D eigenvalue weighted by molar-refractivity contribution is 6.21. The minimum Gasteiger partial charge on any atom is -0.282 e. The van der Waals surface area contributed by atoms with Gasteiger partial charge in [0.2, 0.25) is 0 Å². The smallest absolute Gasteiger partial charge is 0.152 e. The summed E-state index contributed by atoms with van der Waals surface area (Å²) < 4.78 is 0. The Kier molecular flexibility index (Phi) is 8.35. The van der Waals surface area contributed by atoms with Gasteiger partial charge in [-0.1, -0.05) is 182 Å². The van der Waals surface area contributed by atoms with Gasteiger partial charge in [-0.05, 0) is 112 Å². The van der Waals surface area contributed by atoms with Gasteiger partial charge in [-0.2, -0.15) is 0 Å². The maximum atomic E-state index is 8.99. The molecular formula is C54H36N2. The van der Waals surface area contributed by atoms with Gasteiger partial charge < -0.3 is 0 Å². The van der Waals surface area contributed by atoms with Crippen LogP contribution in [0.5, 0.6) is 0 Å². The molecule has 0 aliphatic carbocycles. The number of rotatable bonds is 6. The van der Waals surface area contributed by atoms with Crippen molar-refractivity contribution >= 4 is 71.5 Å². The van der Waals surface area contributed by atoms with Gasteiger partial charge in [0.05, 0.1) is 5.71 Å². The zero-order chi connectivity index (χ0) is 37.4. The van der Waals surface area contributed by atoms with Gasteiger partial charge in [0.1, 0.15) is 0 Å². The van der Waals surface area contributed by atoms with E-state index in [4.69, 9.17) is 10.4 Å². The molecule has 0 fully saturated rings. The van der Waals surface area contributed by atoms with Crippen molar-refractivity contribution in [2.75, 3.05) is 0 Å². The highest BCUT2D eigenvalue weighted by Gasteiger charge is 2.14. The van der Waals surface area contributed by atoms with Crippen molar-refractivity contribution in [1.82, 2.24) is 0 Å². The first-order valence-electron chi connectivity index (χ1n) is 19.0. The highest BCUT2D eigenvalue weighted by Crippen LogP contribution is 2.40. The average Bonchev–Trinajstić information content (AvgIpc) is 3.26. The summed E-state index contributed by atoms with van der Waals surface area (Å²) in [4.78, 5) is 4.97. The second kappa shape index (κ2) is 14.1. The van der Waals surface area contributed by atoms with E-state index in [0.717, 1.165) is 38.9 Å². The van der Waals surface area contributed by atoms with Crippen LogP contribution in [0, 0.1) is 5.41 Å². The van der Waals surface area contributed by atoms with E-state index < -0.39 is 0 Å². The number of aliphatic imine (C=N–C) groups is 1. The number of nitrogens with zero attached hydrogens (tertiary/aromatic N) is 1. The van der Waals surface area contributed by atoms with Crippen molar-refractivity contribution in [1.29, 1.82) is 5.41 Å². The first kappa shape index (κ1) is 33.2. The monoisotopic (exact) mass is 712 g/mol. The molecule has 10 aromatic rings. The molecule has 262 valence electrons. The Morgan fingerprint density at radius 3 is 1.89 bits per heavy atom. The zero-order valence-corrected chi connectivity index (χ0v) is 30.7. The number of nitrogens with one attached hydrogen (secondary N) is 1. The summed E-state index contributed by atoms with van der Waals surface area (Å²) in [6.07, 6.45) is 4.17. The summed E-state index contributed by atoms with van der Waals surface area (Å²) in [5.41, 5.74) is 8.19. The van der Waals surface area contributed by atoms with E-state index in [2.05, 4.69) is 176 Å². The Bertz CT molecular complexity index is 3210. The van der Waals surface area contributed by atoms with Crippen molar-refractivity contribution in [3.63, 3.8) is 0 Å². The van der Waals surface area contributed by atoms with Crippen molar-refractivity contribution in [2.45, 2.75) is 0 Å². The third-order valence-corrected chi connectivity index (χ3v) is 10.9. The molecule has 10 rings (SSSR count). The largest absolute Gasteiger partial charge is 0.282 e. The lowest BCUT2D eigenvalue weighted by Crippen LogP contribution is -2.05. The van der Waals surface area contributed by atoms with Gasteiger partial charge in [0.15, 0.2) is 5.84 Å². The molecule has 10 aromatic carbocycles. The summed E-state index contributed by atoms with van der Waals surface area (Å²) in [7, 11) is 0. The van der Waals surface area contributed by atoms with Gasteiger partial charge >= 0.3 is 0 Å². The first-order chi connectivity index (χ1) is 27.7. The lowest BCUT2D eigenvalue weighted by Gasteiger charge is -2.15. The summed E-state index contributed by atoms with van der Waals surface area (Å²) in [5, 5.41) is 21.3. The van der Waals surface area contributed by atoms with Crippen LogP contribution >= 0.6 is 0 Å². The van der Waals surface area contributed by atoms with Crippen LogP contribution in [0.25, 0.3) is 82.2 Å². The maximum absolute atomic E-state index is 8.99. The van der Waals surface area contributed by atoms with E-state index in [-0.39, 0.29) is 5.84 Å². The molecule has 0 aliphatic rings. The molecule has 0 radical (unpaired) electrons. The van der Waals surface area contributed by atoms with Crippen LogP contribution in [0.4, 0.5) is 0 Å². The van der Waals surface area contributed by atoms with Gasteiger partial charge in [0, 0.05) is 11.1 Å². The minimum absolute atomic E-state index is 0.221. The Labute approximate surface area is 325 Å². The molecular weight excluding hydrogens is 677 g/mol. The molecule has 0 spiro atoms. The minimum atomic E-state index is 0.221. The van der Waals surface area contributed by atoms with Crippen LogP contribution in [0.1, 0.15) is 16.7 Å². The summed E-state index contributed by atoms with van der Waals surface area (Å²) in [6, 6.07) is 70.8. The van der Waals surface area contributed by atoms with E-state index in [1.165, 1.54) is 59.6 Å². The number of amidine groups is 1. The van der Waals surface area contributed by atoms with E-state index in [0.29, 0.717) is 0 Å². The predicted molar refractivity (Wildman–Crippen MR) is 240 cm³/mol. The average molecular weight is 713 g/mol. The fourth-order valence-electron chi connectivity index (χ4n) is 8.11. The van der Waals surface area contributed by atoms with Crippen molar-refractivity contribution in [3.05, 3.63) is 223 Å². The Morgan fingerprint density at radius 2 is 1.02 bits per heavy atom. The molecule has 2 heteroatoms. The van der Waals surface area contributed by atoms with Crippen molar-refractivity contribution in [3.8, 4) is 22.3 Å². The highest BCUT2D eigenvalue weighted by atomic mass is 14.8. The molecule has 1 N–H and O–H groups in total. The van der Waals surface area contributed by atoms with Crippen LogP contribution in [-0.4, -0.2) is 11.5 Å². The molecule has 0 bridgehead atoms. The number of hydrogen-bond acceptors (Lipinski definition) is 1. The summed E-state index contributed by atoms with van der Waals surface area (Å²) in [5.74, 6) is 0.221. The number of hydrogen-bond donors (Lipinski definition) is 1. The normalized spacial score (nSPS) is 12.0. The molecule has 56 heavy (non-hydrogen) atoms. The number of fused-ring (bicyclic) bond motifs is 6. The SMILES string of the molecule is N=C(N=C(/C=C/c1ccc2cc(-c3c4ccccc4cc4c3ccc3ccccc34)ccc2c1)c1ccccc1-c1ccc2ccccc2c1)c1ccccc1. The molecule has 0 unspecified atom stereocenters. The Hall–Kier alpha value is -7.42. The van der Waals surface area contributed by atoms with Crippen LogP contribution < -0.4 is 0 Å². The first-order valence-corrected chi connectivity index (χ1v) is 19.0. The van der Waals surface area contributed by atoms with Crippen molar-refractivity contribution < 1.29 is 0 Å². The van der Waals surface area contributed by atoms with Gasteiger partial charge in [-0.3, -0.25) is 5.41 Å². The maximum Gasteiger partial charge on any atom is 0.152 e. The lowest BCUT2D eigenvalue weighted by molar-refractivity contribution is 1.41. The van der Waals surface area contributed by atoms with E-state index in [9.17, 15) is 0 Å². The zero-order valence-electron chi connectivity index (χ0n) is 30.7. The molecule has 0 atom stereocenters. The second-order valence-corrected chi connectivity index (χ2v) is 14.3. The Balaban J connectivity index is 1.05. The Morgan fingerprint density at radius 1 is 0.411 bits per heavy atom. The second-order valence-electron chi connectivity index (χ2n) is 14.3. The molecule has 0 heterocycles. The lowest BCUT2D eigenvalue weighted by atomic mass is 9.89. The molecule has 2 nitrogen and oxygen atoms in total. The van der Waals surface area contributed by atoms with Gasteiger partial charge in [-0.15, -0.1) is 0 Å². The number of benzene rings is 10. The molecule has 0 saturated carbocycles. The van der Waals surface area contributed by atoms with Crippen LogP contribution in [-0.2, 0) is 0 Å². The van der Waals surface area contributed by atoms with Crippen LogP contribution in [0.2, 0.25) is 0 Å². The quantitative estimate of drug-likeness (QED) is 0.0771. The van der Waals surface area contributed by atoms with E-state index >= 15 is 0 Å². The number of allylic oxidation sites excluding steroid dienone is 1. The van der Waals surface area contributed by atoms with Gasteiger partial charge in [-0.25, -0.2) is 4.99 Å². The van der Waals surface area contributed by atoms with Crippen LogP contribution in [0.15, 0.2) is 211 Å². The fourth-order valence-corrected chi connectivity index (χ4v) is 8.11. The third kappa shape index (κ3) is 6.14. The summed E-state index contributed by atoms with van der Waals surface area (Å²) >= 11 is 0. The standard InChI is InChI=1S/C54H36N2/c55-54(39-14-2-1-3-15-39)56-52(49-21-11-10-19-47(49)44-27-25-37-12-4-5-16-40(37)33-44)31-23-36-22-24-42-34-45(28-26-41(42)32-36)53-48-20-9-7-17-43(48)35-51-46-18-8-6-13-38(46)29-30-50(51)53/h1-35,55H/b31-23+,55-54?,56-52?. The van der Waals surface area contributed by atoms with Gasteiger partial charge in [0.25, 0.3) is 0 Å². The molecule has 0 aliphatic heterocycles. The molecule has 0 aromatic heterocycles. The van der Waals surface area contributed by atoms with Crippen molar-refractivity contribution in [2.24, 2.45) is 4.99 Å². The fraction of sp³-hybridized carbons (Fsp3) is 0. The topological polar surface area (TPSA) is 36.2 Å². The van der Waals surface area contributed by atoms with Crippen LogP contribution in [0.3, 0.4) is 0 Å². The van der Waals surface area contributed by atoms with E-state index in [1.807, 2.05) is 36.4 Å². The summed E-state index contributed by atoms with van der Waals surface area (Å²) in [6.45, 7) is 0. The predicted octanol–water partition coefficient (Wildman–Crippen LogP) is 14.3.